The van der Waals surface area contributed by atoms with Gasteiger partial charge in [0, 0.05) is 31.0 Å². The van der Waals surface area contributed by atoms with Gasteiger partial charge < -0.3 is 4.90 Å². The predicted molar refractivity (Wildman–Crippen MR) is 109 cm³/mol. The first-order chi connectivity index (χ1) is 13.0. The van der Waals surface area contributed by atoms with Crippen LogP contribution in [0.1, 0.15) is 31.7 Å². The summed E-state index contributed by atoms with van der Waals surface area (Å²) < 4.78 is 0. The lowest BCUT2D eigenvalue weighted by molar-refractivity contribution is -0.135. The van der Waals surface area contributed by atoms with E-state index in [4.69, 9.17) is 10.4 Å². The van der Waals surface area contributed by atoms with Crippen molar-refractivity contribution >= 4 is 51.5 Å². The molecule has 2 aliphatic heterocycles. The fourth-order valence-corrected chi connectivity index (χ4v) is 4.38. The molecule has 0 aliphatic carbocycles. The van der Waals surface area contributed by atoms with Crippen molar-refractivity contribution in [2.45, 2.75) is 26.2 Å². The van der Waals surface area contributed by atoms with Crippen molar-refractivity contribution in [3.63, 3.8) is 0 Å². The normalized spacial score (nSPS) is 19.4. The molecule has 2 aromatic rings. The van der Waals surface area contributed by atoms with Crippen LogP contribution in [0.2, 0.25) is 0 Å². The highest BCUT2D eigenvalue weighted by Crippen LogP contribution is 2.35. The van der Waals surface area contributed by atoms with Gasteiger partial charge in [0.15, 0.2) is 5.17 Å². The van der Waals surface area contributed by atoms with Gasteiger partial charge in [0.2, 0.25) is 5.91 Å². The third-order valence-electron chi connectivity index (χ3n) is 4.81. The van der Waals surface area contributed by atoms with E-state index in [1.165, 1.54) is 13.3 Å². The summed E-state index contributed by atoms with van der Waals surface area (Å²) in [6.07, 6.45) is 5.25. The summed E-state index contributed by atoms with van der Waals surface area (Å²) in [7, 11) is 0. The van der Waals surface area contributed by atoms with Crippen LogP contribution in [0.5, 0.6) is 0 Å². The summed E-state index contributed by atoms with van der Waals surface area (Å²) in [6, 6.07) is 9.95. The molecule has 1 aromatic heterocycles. The lowest BCUT2D eigenvalue weighted by atomic mass is 10.1. The Bertz CT molecular complexity index is 979. The third-order valence-corrected chi connectivity index (χ3v) is 5.70. The van der Waals surface area contributed by atoms with E-state index in [-0.39, 0.29) is 5.17 Å². The van der Waals surface area contributed by atoms with Crippen LogP contribution in [0.15, 0.2) is 35.2 Å². The average molecular weight is 380 g/mol. The molecule has 0 unspecified atom stereocenters. The van der Waals surface area contributed by atoms with Gasteiger partial charge in [-0.15, -0.1) is 0 Å². The fraction of sp³-hybridized carbons (Fsp3) is 0.300. The van der Waals surface area contributed by atoms with E-state index in [9.17, 15) is 9.59 Å². The van der Waals surface area contributed by atoms with Gasteiger partial charge in [0.05, 0.1) is 10.4 Å². The molecule has 1 aromatic carbocycles. The van der Waals surface area contributed by atoms with Crippen molar-refractivity contribution in [3.8, 4) is 0 Å². The SMILES string of the molecule is CC(=O)N1C(=N)S/C(=C\c2cc3ccccc3nc2N2CCCCC2)C1=O. The maximum Gasteiger partial charge on any atom is 0.273 e. The maximum atomic E-state index is 12.6. The Hall–Kier alpha value is -2.67. The van der Waals surface area contributed by atoms with Gasteiger partial charge in [-0.1, -0.05) is 18.2 Å². The molecule has 2 saturated heterocycles. The number of aromatic nitrogens is 1. The first-order valence-corrected chi connectivity index (χ1v) is 9.84. The van der Waals surface area contributed by atoms with Crippen molar-refractivity contribution in [2.24, 2.45) is 0 Å². The Labute approximate surface area is 161 Å². The number of amidine groups is 1. The molecule has 27 heavy (non-hydrogen) atoms. The highest BCUT2D eigenvalue weighted by molar-refractivity contribution is 8.18. The van der Waals surface area contributed by atoms with Crippen LogP contribution in [0.3, 0.4) is 0 Å². The molecule has 0 radical (unpaired) electrons. The molecule has 0 saturated carbocycles. The van der Waals surface area contributed by atoms with Gasteiger partial charge in [-0.05, 0) is 49.2 Å². The van der Waals surface area contributed by atoms with Gasteiger partial charge in [-0.2, -0.15) is 0 Å². The van der Waals surface area contributed by atoms with Crippen molar-refractivity contribution in [2.75, 3.05) is 18.0 Å². The quantitative estimate of drug-likeness (QED) is 0.805. The fourth-order valence-electron chi connectivity index (χ4n) is 3.50. The minimum Gasteiger partial charge on any atom is -0.356 e. The number of carbonyl (C=O) groups is 2. The molecule has 4 rings (SSSR count). The molecule has 0 spiro atoms. The van der Waals surface area contributed by atoms with Crippen molar-refractivity contribution in [1.82, 2.24) is 9.88 Å². The number of thioether (sulfide) groups is 1. The summed E-state index contributed by atoms with van der Waals surface area (Å²) in [5.41, 5.74) is 1.77. The number of nitrogens with zero attached hydrogens (tertiary/aromatic N) is 3. The summed E-state index contributed by atoms with van der Waals surface area (Å²) in [5.74, 6) is -0.00820. The van der Waals surface area contributed by atoms with Crippen LogP contribution in [0, 0.1) is 5.41 Å². The third kappa shape index (κ3) is 3.35. The lowest BCUT2D eigenvalue weighted by Gasteiger charge is -2.29. The van der Waals surface area contributed by atoms with E-state index < -0.39 is 11.8 Å². The summed E-state index contributed by atoms with van der Waals surface area (Å²) in [4.78, 5) is 32.6. The number of amides is 2. The van der Waals surface area contributed by atoms with E-state index >= 15 is 0 Å². The lowest BCUT2D eigenvalue weighted by Crippen LogP contribution is -2.33. The number of nitrogens with one attached hydrogen (secondary N) is 1. The number of benzene rings is 1. The number of para-hydroxylation sites is 1. The molecule has 7 heteroatoms. The predicted octanol–water partition coefficient (Wildman–Crippen LogP) is 3.62. The van der Waals surface area contributed by atoms with Gasteiger partial charge in [-0.25, -0.2) is 9.88 Å². The standard InChI is InChI=1S/C20H20N4O2S/c1-13(25)24-19(26)17(27-20(24)21)12-15-11-14-7-3-4-8-16(14)22-18(15)23-9-5-2-6-10-23/h3-4,7-8,11-12,21H,2,5-6,9-10H2,1H3/b17-12-,21-20?. The van der Waals surface area contributed by atoms with Crippen molar-refractivity contribution in [1.29, 1.82) is 5.41 Å². The number of fused-ring (bicyclic) bond motifs is 1. The average Bonchev–Trinajstić information content (AvgIpc) is 2.95. The minimum atomic E-state index is -0.436. The van der Waals surface area contributed by atoms with Crippen LogP contribution in [-0.2, 0) is 9.59 Å². The van der Waals surface area contributed by atoms with Gasteiger partial charge in [-0.3, -0.25) is 15.0 Å². The van der Waals surface area contributed by atoms with E-state index in [1.807, 2.05) is 30.3 Å². The molecule has 2 fully saturated rings. The van der Waals surface area contributed by atoms with Crippen molar-refractivity contribution in [3.05, 3.63) is 40.8 Å². The number of carbonyl (C=O) groups excluding carboxylic acids is 2. The molecular formula is C20H20N4O2S. The monoisotopic (exact) mass is 380 g/mol. The molecule has 0 atom stereocenters. The zero-order valence-electron chi connectivity index (χ0n) is 15.1. The van der Waals surface area contributed by atoms with Crippen LogP contribution < -0.4 is 4.90 Å². The number of piperidine rings is 1. The maximum absolute atomic E-state index is 12.6. The largest absolute Gasteiger partial charge is 0.356 e. The van der Waals surface area contributed by atoms with Gasteiger partial charge >= 0.3 is 0 Å². The number of pyridine rings is 1. The number of anilines is 1. The second kappa shape index (κ2) is 7.15. The highest BCUT2D eigenvalue weighted by Gasteiger charge is 2.35. The zero-order valence-corrected chi connectivity index (χ0v) is 15.9. The molecule has 0 bridgehead atoms. The van der Waals surface area contributed by atoms with E-state index in [2.05, 4.69) is 4.90 Å². The Morgan fingerprint density at radius 3 is 2.67 bits per heavy atom. The van der Waals surface area contributed by atoms with Crippen LogP contribution in [-0.4, -0.2) is 40.0 Å². The Morgan fingerprint density at radius 1 is 1.22 bits per heavy atom. The molecule has 2 aliphatic rings. The second-order valence-corrected chi connectivity index (χ2v) is 7.75. The first kappa shape index (κ1) is 17.7. The van der Waals surface area contributed by atoms with Crippen LogP contribution in [0.25, 0.3) is 17.0 Å². The number of rotatable bonds is 2. The Balaban J connectivity index is 1.81. The first-order valence-electron chi connectivity index (χ1n) is 9.02. The number of imide groups is 1. The molecule has 3 heterocycles. The Morgan fingerprint density at radius 2 is 1.96 bits per heavy atom. The van der Waals surface area contributed by atoms with E-state index in [0.29, 0.717) is 4.91 Å². The highest BCUT2D eigenvalue weighted by atomic mass is 32.2. The molecule has 138 valence electrons. The van der Waals surface area contributed by atoms with E-state index in [0.717, 1.165) is 64.9 Å². The topological polar surface area (TPSA) is 77.4 Å². The molecule has 1 N–H and O–H groups in total. The summed E-state index contributed by atoms with van der Waals surface area (Å²) >= 11 is 1.02. The van der Waals surface area contributed by atoms with Gasteiger partial charge in [0.1, 0.15) is 5.82 Å². The van der Waals surface area contributed by atoms with Gasteiger partial charge in [0.25, 0.3) is 5.91 Å². The van der Waals surface area contributed by atoms with Crippen LogP contribution in [0.4, 0.5) is 5.82 Å². The summed E-state index contributed by atoms with van der Waals surface area (Å²) in [5, 5.41) is 8.87. The minimum absolute atomic E-state index is 0.0491. The summed E-state index contributed by atoms with van der Waals surface area (Å²) in [6.45, 7) is 3.18. The smallest absolute Gasteiger partial charge is 0.273 e. The Kier molecular flexibility index (Phi) is 4.70. The number of hydrogen-bond donors (Lipinski definition) is 1. The molecule has 6 nitrogen and oxygen atoms in total. The molecule has 2 amide bonds. The van der Waals surface area contributed by atoms with Crippen molar-refractivity contribution < 1.29 is 9.59 Å². The van der Waals surface area contributed by atoms with Crippen LogP contribution >= 0.6 is 11.8 Å². The number of hydrogen-bond acceptors (Lipinski definition) is 6. The molecular weight excluding hydrogens is 360 g/mol. The zero-order chi connectivity index (χ0) is 19.0. The van der Waals surface area contributed by atoms with E-state index in [1.54, 1.807) is 6.08 Å². The second-order valence-electron chi connectivity index (χ2n) is 6.72.